The highest BCUT2D eigenvalue weighted by molar-refractivity contribution is 5.95. The van der Waals surface area contributed by atoms with Gasteiger partial charge in [-0.1, -0.05) is 18.2 Å². The van der Waals surface area contributed by atoms with Gasteiger partial charge in [-0.2, -0.15) is 15.3 Å². The molecular weight excluding hydrogens is 278 g/mol. The Kier molecular flexibility index (Phi) is 2.21. The molecule has 0 atom stereocenters. The Bertz CT molecular complexity index is 793. The average Bonchev–Trinajstić information content (AvgIpc) is 3.03. The van der Waals surface area contributed by atoms with Crippen LogP contribution < -0.4 is 0 Å². The molecule has 0 bridgehead atoms. The number of carbonyl (C=O) groups excluding carboxylic acids is 1. The number of amides is 1. The monoisotopic (exact) mass is 293 g/mol. The van der Waals surface area contributed by atoms with E-state index < -0.39 is 0 Å². The molecule has 3 aliphatic rings. The molecule has 1 aromatic heterocycles. The standard InChI is InChI=1S/C16H15N5O/c22-15(20-9-16(10-20)18-19-16)14-12-7-4-8-13(12)21(17-14)11-5-2-1-3-6-11/h1-3,5-6H,4,7-10H2. The lowest BCUT2D eigenvalue weighted by molar-refractivity contribution is 0.0543. The molecule has 0 unspecified atom stereocenters. The molecule has 1 spiro atoms. The zero-order chi connectivity index (χ0) is 14.7. The second kappa shape index (κ2) is 4.03. The Morgan fingerprint density at radius 1 is 1.09 bits per heavy atom. The lowest BCUT2D eigenvalue weighted by atomic mass is 10.0. The first-order valence-electron chi connectivity index (χ1n) is 7.65. The van der Waals surface area contributed by atoms with Gasteiger partial charge in [-0.05, 0) is 31.4 Å². The van der Waals surface area contributed by atoms with Crippen LogP contribution in [0.5, 0.6) is 0 Å². The fourth-order valence-corrected chi connectivity index (χ4v) is 3.45. The van der Waals surface area contributed by atoms with Crippen molar-refractivity contribution in [3.05, 3.63) is 47.3 Å². The zero-order valence-electron chi connectivity index (χ0n) is 12.1. The van der Waals surface area contributed by atoms with E-state index in [0.29, 0.717) is 18.8 Å². The first-order chi connectivity index (χ1) is 10.8. The van der Waals surface area contributed by atoms with Gasteiger partial charge in [-0.3, -0.25) is 4.79 Å². The number of hydrogen-bond donors (Lipinski definition) is 0. The molecule has 0 saturated carbocycles. The highest BCUT2D eigenvalue weighted by Crippen LogP contribution is 2.39. The van der Waals surface area contributed by atoms with Crippen molar-refractivity contribution >= 4 is 5.91 Å². The number of fused-ring (bicyclic) bond motifs is 1. The van der Waals surface area contributed by atoms with E-state index in [9.17, 15) is 4.79 Å². The highest BCUT2D eigenvalue weighted by Gasteiger charge is 2.54. The molecule has 1 aromatic carbocycles. The molecule has 110 valence electrons. The lowest BCUT2D eigenvalue weighted by Crippen LogP contribution is -2.56. The number of aromatic nitrogens is 2. The smallest absolute Gasteiger partial charge is 0.274 e. The Hall–Kier alpha value is -2.50. The molecule has 3 heterocycles. The van der Waals surface area contributed by atoms with Crippen LogP contribution in [-0.4, -0.2) is 39.3 Å². The molecule has 2 aliphatic heterocycles. The number of carbonyl (C=O) groups is 1. The quantitative estimate of drug-likeness (QED) is 0.850. The summed E-state index contributed by atoms with van der Waals surface area (Å²) in [5, 5.41) is 12.6. The van der Waals surface area contributed by atoms with Crippen molar-refractivity contribution < 1.29 is 4.79 Å². The van der Waals surface area contributed by atoms with Crippen molar-refractivity contribution in [1.82, 2.24) is 14.7 Å². The van der Waals surface area contributed by atoms with E-state index >= 15 is 0 Å². The van der Waals surface area contributed by atoms with Crippen LogP contribution in [0.3, 0.4) is 0 Å². The van der Waals surface area contributed by atoms with Crippen LogP contribution in [0, 0.1) is 0 Å². The van der Waals surface area contributed by atoms with Gasteiger partial charge < -0.3 is 4.90 Å². The Labute approximate surface area is 127 Å². The third-order valence-corrected chi connectivity index (χ3v) is 4.69. The minimum absolute atomic E-state index is 0.0238. The predicted molar refractivity (Wildman–Crippen MR) is 79.1 cm³/mol. The van der Waals surface area contributed by atoms with Crippen molar-refractivity contribution in [2.75, 3.05) is 13.1 Å². The molecule has 1 amide bonds. The van der Waals surface area contributed by atoms with Gasteiger partial charge >= 0.3 is 0 Å². The molecule has 1 saturated heterocycles. The van der Waals surface area contributed by atoms with Gasteiger partial charge in [0.15, 0.2) is 5.69 Å². The van der Waals surface area contributed by atoms with E-state index in [1.807, 2.05) is 35.0 Å². The largest absolute Gasteiger partial charge is 0.328 e. The van der Waals surface area contributed by atoms with Crippen LogP contribution in [0.4, 0.5) is 0 Å². The molecule has 6 nitrogen and oxygen atoms in total. The van der Waals surface area contributed by atoms with E-state index in [0.717, 1.165) is 30.5 Å². The van der Waals surface area contributed by atoms with Crippen molar-refractivity contribution in [2.24, 2.45) is 10.2 Å². The third-order valence-electron chi connectivity index (χ3n) is 4.69. The van der Waals surface area contributed by atoms with Crippen LogP contribution in [-0.2, 0) is 12.8 Å². The molecule has 5 rings (SSSR count). The summed E-state index contributed by atoms with van der Waals surface area (Å²) in [7, 11) is 0. The van der Waals surface area contributed by atoms with Gasteiger partial charge in [0.25, 0.3) is 5.91 Å². The maximum absolute atomic E-state index is 12.7. The highest BCUT2D eigenvalue weighted by atomic mass is 16.2. The van der Waals surface area contributed by atoms with Crippen molar-refractivity contribution in [1.29, 1.82) is 0 Å². The average molecular weight is 293 g/mol. The minimum atomic E-state index is -0.249. The summed E-state index contributed by atoms with van der Waals surface area (Å²) in [5.74, 6) is 0.0238. The minimum Gasteiger partial charge on any atom is -0.328 e. The Morgan fingerprint density at radius 2 is 1.86 bits per heavy atom. The van der Waals surface area contributed by atoms with Crippen molar-refractivity contribution in [2.45, 2.75) is 24.9 Å². The molecule has 22 heavy (non-hydrogen) atoms. The summed E-state index contributed by atoms with van der Waals surface area (Å²) >= 11 is 0. The van der Waals surface area contributed by atoms with E-state index in [2.05, 4.69) is 15.3 Å². The van der Waals surface area contributed by atoms with E-state index in [1.165, 1.54) is 5.69 Å². The Balaban J connectivity index is 1.52. The maximum Gasteiger partial charge on any atom is 0.274 e. The van der Waals surface area contributed by atoms with Gasteiger partial charge in [0.2, 0.25) is 5.66 Å². The van der Waals surface area contributed by atoms with Gasteiger partial charge in [-0.25, -0.2) is 4.68 Å². The van der Waals surface area contributed by atoms with Crippen LogP contribution >= 0.6 is 0 Å². The number of para-hydroxylation sites is 1. The van der Waals surface area contributed by atoms with E-state index in [-0.39, 0.29) is 11.6 Å². The van der Waals surface area contributed by atoms with Crippen LogP contribution in [0.1, 0.15) is 28.2 Å². The normalized spacial score (nSPS) is 20.1. The lowest BCUT2D eigenvalue weighted by Gasteiger charge is -2.35. The fraction of sp³-hybridized carbons (Fsp3) is 0.375. The maximum atomic E-state index is 12.7. The summed E-state index contributed by atoms with van der Waals surface area (Å²) in [6.07, 6.45) is 3.02. The predicted octanol–water partition coefficient (Wildman–Crippen LogP) is 1.98. The molecule has 6 heteroatoms. The molecule has 2 aromatic rings. The Morgan fingerprint density at radius 3 is 2.59 bits per heavy atom. The van der Waals surface area contributed by atoms with Crippen molar-refractivity contribution in [3.63, 3.8) is 0 Å². The summed E-state index contributed by atoms with van der Waals surface area (Å²) < 4.78 is 1.94. The topological polar surface area (TPSA) is 62.9 Å². The summed E-state index contributed by atoms with van der Waals surface area (Å²) in [6.45, 7) is 1.22. The number of nitrogens with zero attached hydrogens (tertiary/aromatic N) is 5. The summed E-state index contributed by atoms with van der Waals surface area (Å²) in [4.78, 5) is 14.5. The van der Waals surface area contributed by atoms with Gasteiger partial charge in [0.1, 0.15) is 0 Å². The van der Waals surface area contributed by atoms with Crippen LogP contribution in [0.25, 0.3) is 5.69 Å². The molecular formula is C16H15N5O. The molecule has 1 fully saturated rings. The van der Waals surface area contributed by atoms with Crippen molar-refractivity contribution in [3.8, 4) is 5.69 Å². The first-order valence-corrected chi connectivity index (χ1v) is 7.65. The van der Waals surface area contributed by atoms with E-state index in [1.54, 1.807) is 4.90 Å². The SMILES string of the molecule is O=C(c1nn(-c2ccccc2)c2c1CCC2)N1CC2(C1)N=N2. The van der Waals surface area contributed by atoms with Gasteiger partial charge in [0, 0.05) is 11.3 Å². The van der Waals surface area contributed by atoms with E-state index in [4.69, 9.17) is 0 Å². The number of rotatable bonds is 2. The summed E-state index contributed by atoms with van der Waals surface area (Å²) in [6, 6.07) is 10.0. The number of hydrogen-bond acceptors (Lipinski definition) is 4. The fourth-order valence-electron chi connectivity index (χ4n) is 3.45. The van der Waals surface area contributed by atoms with Crippen LogP contribution in [0.2, 0.25) is 0 Å². The summed E-state index contributed by atoms with van der Waals surface area (Å²) in [5.41, 5.74) is 3.70. The zero-order valence-corrected chi connectivity index (χ0v) is 12.1. The molecule has 0 radical (unpaired) electrons. The first kappa shape index (κ1) is 12.1. The van der Waals surface area contributed by atoms with Gasteiger partial charge in [-0.15, -0.1) is 0 Å². The molecule has 1 aliphatic carbocycles. The second-order valence-electron chi connectivity index (χ2n) is 6.22. The third kappa shape index (κ3) is 1.60. The number of likely N-dealkylation sites (tertiary alicyclic amines) is 1. The van der Waals surface area contributed by atoms with Gasteiger partial charge in [0.05, 0.1) is 18.8 Å². The second-order valence-corrected chi connectivity index (χ2v) is 6.22. The number of benzene rings is 1. The van der Waals surface area contributed by atoms with Crippen LogP contribution in [0.15, 0.2) is 40.6 Å². The molecule has 0 N–H and O–H groups in total.